The molecule has 152 valence electrons. The highest BCUT2D eigenvalue weighted by Crippen LogP contribution is 2.38. The Balaban J connectivity index is 1.54. The Bertz CT molecular complexity index is 772. The molecule has 0 radical (unpaired) electrons. The zero-order valence-corrected chi connectivity index (χ0v) is 17.0. The molecular formula is C20H26ClN3O4. The lowest BCUT2D eigenvalue weighted by atomic mass is 9.73. The minimum absolute atomic E-state index is 0.0690. The van der Waals surface area contributed by atoms with E-state index < -0.39 is 11.6 Å². The number of rotatable bonds is 6. The van der Waals surface area contributed by atoms with Crippen LogP contribution in [0, 0.1) is 5.92 Å². The van der Waals surface area contributed by atoms with E-state index in [1.165, 1.54) is 4.90 Å². The SMILES string of the molecule is CC1CCCCC12NC(=O)N(CC(=O)N(C)CCOc1ccccc1Cl)C2=O. The van der Waals surface area contributed by atoms with Crippen LogP contribution in [0.4, 0.5) is 4.79 Å². The van der Waals surface area contributed by atoms with E-state index in [9.17, 15) is 14.4 Å². The Labute approximate surface area is 169 Å². The van der Waals surface area contributed by atoms with Crippen molar-refractivity contribution in [3.8, 4) is 5.75 Å². The molecule has 2 aliphatic rings. The number of hydrogen-bond donors (Lipinski definition) is 1. The number of hydrogen-bond acceptors (Lipinski definition) is 4. The maximum absolute atomic E-state index is 12.9. The Hall–Kier alpha value is -2.28. The van der Waals surface area contributed by atoms with Crippen LogP contribution in [-0.2, 0) is 9.59 Å². The Morgan fingerprint density at radius 2 is 2.11 bits per heavy atom. The number of halogens is 1. The van der Waals surface area contributed by atoms with Crippen LogP contribution in [0.25, 0.3) is 0 Å². The second kappa shape index (κ2) is 8.39. The molecule has 2 atom stereocenters. The molecule has 7 nitrogen and oxygen atoms in total. The average Bonchev–Trinajstić information content (AvgIpc) is 2.90. The summed E-state index contributed by atoms with van der Waals surface area (Å²) in [7, 11) is 1.62. The van der Waals surface area contributed by atoms with Gasteiger partial charge in [0.25, 0.3) is 5.91 Å². The van der Waals surface area contributed by atoms with Crippen molar-refractivity contribution in [2.45, 2.75) is 38.1 Å². The van der Waals surface area contributed by atoms with Gasteiger partial charge in [-0.15, -0.1) is 0 Å². The molecule has 1 saturated heterocycles. The molecule has 1 spiro atoms. The minimum atomic E-state index is -0.846. The van der Waals surface area contributed by atoms with E-state index in [2.05, 4.69) is 5.32 Å². The third-order valence-corrected chi connectivity index (χ3v) is 6.05. The van der Waals surface area contributed by atoms with Crippen molar-refractivity contribution in [1.82, 2.24) is 15.1 Å². The number of nitrogens with one attached hydrogen (secondary N) is 1. The minimum Gasteiger partial charge on any atom is -0.490 e. The lowest BCUT2D eigenvalue weighted by Crippen LogP contribution is -2.54. The molecule has 1 aliphatic heterocycles. The van der Waals surface area contributed by atoms with Gasteiger partial charge in [-0.3, -0.25) is 14.5 Å². The van der Waals surface area contributed by atoms with Gasteiger partial charge in [0.15, 0.2) is 0 Å². The smallest absolute Gasteiger partial charge is 0.325 e. The van der Waals surface area contributed by atoms with Gasteiger partial charge in [-0.2, -0.15) is 0 Å². The molecule has 1 aliphatic carbocycles. The zero-order chi connectivity index (χ0) is 20.3. The second-order valence-electron chi connectivity index (χ2n) is 7.53. The first-order valence-corrected chi connectivity index (χ1v) is 9.98. The molecule has 2 unspecified atom stereocenters. The van der Waals surface area contributed by atoms with Crippen LogP contribution in [0.15, 0.2) is 24.3 Å². The van der Waals surface area contributed by atoms with Crippen LogP contribution in [0.5, 0.6) is 5.75 Å². The van der Waals surface area contributed by atoms with E-state index in [1.54, 1.807) is 19.2 Å². The van der Waals surface area contributed by atoms with Crippen LogP contribution >= 0.6 is 11.6 Å². The molecule has 1 N–H and O–H groups in total. The topological polar surface area (TPSA) is 79.0 Å². The summed E-state index contributed by atoms with van der Waals surface area (Å²) in [5, 5.41) is 3.36. The summed E-state index contributed by atoms with van der Waals surface area (Å²) in [6, 6.07) is 6.62. The molecule has 0 aromatic heterocycles. The highest BCUT2D eigenvalue weighted by Gasteiger charge is 2.55. The Kier molecular flexibility index (Phi) is 6.13. The van der Waals surface area contributed by atoms with Gasteiger partial charge in [-0.05, 0) is 30.9 Å². The van der Waals surface area contributed by atoms with Gasteiger partial charge in [-0.1, -0.05) is 43.5 Å². The average molecular weight is 408 g/mol. The predicted molar refractivity (Wildman–Crippen MR) is 105 cm³/mol. The number of likely N-dealkylation sites (N-methyl/N-ethyl adjacent to an activating group) is 1. The van der Waals surface area contributed by atoms with Crippen molar-refractivity contribution >= 4 is 29.4 Å². The first-order valence-electron chi connectivity index (χ1n) is 9.60. The fraction of sp³-hybridized carbons (Fsp3) is 0.550. The molecule has 3 rings (SSSR count). The number of imide groups is 1. The number of para-hydroxylation sites is 1. The maximum Gasteiger partial charge on any atom is 0.325 e. The van der Waals surface area contributed by atoms with Crippen LogP contribution in [0.2, 0.25) is 5.02 Å². The van der Waals surface area contributed by atoms with Crippen LogP contribution in [0.1, 0.15) is 32.6 Å². The van der Waals surface area contributed by atoms with Gasteiger partial charge in [0.05, 0.1) is 11.6 Å². The van der Waals surface area contributed by atoms with E-state index >= 15 is 0 Å². The third kappa shape index (κ3) is 3.94. The van der Waals surface area contributed by atoms with E-state index in [1.807, 2.05) is 19.1 Å². The third-order valence-electron chi connectivity index (χ3n) is 5.74. The molecule has 8 heteroatoms. The number of urea groups is 1. The van der Waals surface area contributed by atoms with Crippen molar-refractivity contribution in [3.05, 3.63) is 29.3 Å². The van der Waals surface area contributed by atoms with E-state index in [-0.39, 0.29) is 30.9 Å². The normalized spacial score (nSPS) is 24.4. The summed E-state index contributed by atoms with van der Waals surface area (Å²) in [6.07, 6.45) is 3.48. The van der Waals surface area contributed by atoms with E-state index in [0.29, 0.717) is 23.7 Å². The fourth-order valence-electron chi connectivity index (χ4n) is 3.87. The molecule has 1 aromatic rings. The first kappa shape index (κ1) is 20.5. The molecule has 1 aromatic carbocycles. The van der Waals surface area contributed by atoms with Gasteiger partial charge in [0, 0.05) is 7.05 Å². The lowest BCUT2D eigenvalue weighted by molar-refractivity contribution is -0.140. The monoisotopic (exact) mass is 407 g/mol. The van der Waals surface area contributed by atoms with Crippen molar-refractivity contribution in [2.24, 2.45) is 5.92 Å². The van der Waals surface area contributed by atoms with Crippen LogP contribution in [0.3, 0.4) is 0 Å². The lowest BCUT2D eigenvalue weighted by Gasteiger charge is -2.36. The number of carbonyl (C=O) groups is 3. The molecule has 4 amide bonds. The summed E-state index contributed by atoms with van der Waals surface area (Å²) >= 11 is 6.04. The van der Waals surface area contributed by atoms with Crippen molar-refractivity contribution in [1.29, 1.82) is 0 Å². The summed E-state index contributed by atoms with van der Waals surface area (Å²) in [5.74, 6) is 0.0254. The molecule has 0 bridgehead atoms. The standard InChI is InChI=1S/C20H26ClN3O4/c1-14-7-5-6-10-20(14)18(26)24(19(27)22-20)13-17(25)23(2)11-12-28-16-9-4-3-8-15(16)21/h3-4,8-9,14H,5-7,10-13H2,1-2H3,(H,22,27). The summed E-state index contributed by atoms with van der Waals surface area (Å²) in [5.41, 5.74) is -0.846. The zero-order valence-electron chi connectivity index (χ0n) is 16.2. The number of ether oxygens (including phenoxy) is 1. The van der Waals surface area contributed by atoms with Crippen LogP contribution in [-0.4, -0.2) is 59.9 Å². The summed E-state index contributed by atoms with van der Waals surface area (Å²) in [4.78, 5) is 40.3. The molecule has 2 fully saturated rings. The fourth-order valence-corrected chi connectivity index (χ4v) is 4.06. The Morgan fingerprint density at radius 3 is 2.82 bits per heavy atom. The highest BCUT2D eigenvalue weighted by molar-refractivity contribution is 6.32. The Morgan fingerprint density at radius 1 is 1.36 bits per heavy atom. The summed E-state index contributed by atoms with van der Waals surface area (Å²) < 4.78 is 5.59. The number of amides is 4. The molecule has 1 saturated carbocycles. The van der Waals surface area contributed by atoms with Gasteiger partial charge in [0.2, 0.25) is 5.91 Å². The van der Waals surface area contributed by atoms with Gasteiger partial charge in [-0.25, -0.2) is 4.79 Å². The maximum atomic E-state index is 12.9. The van der Waals surface area contributed by atoms with Crippen LogP contribution < -0.4 is 10.1 Å². The predicted octanol–water partition coefficient (Wildman–Crippen LogP) is 2.68. The van der Waals surface area contributed by atoms with Crippen molar-refractivity contribution in [3.63, 3.8) is 0 Å². The van der Waals surface area contributed by atoms with Gasteiger partial charge in [0.1, 0.15) is 24.4 Å². The summed E-state index contributed by atoms with van der Waals surface area (Å²) in [6.45, 7) is 2.30. The van der Waals surface area contributed by atoms with Crippen molar-refractivity contribution in [2.75, 3.05) is 26.7 Å². The van der Waals surface area contributed by atoms with Gasteiger partial charge < -0.3 is 15.0 Å². The molecule has 28 heavy (non-hydrogen) atoms. The number of nitrogens with zero attached hydrogens (tertiary/aromatic N) is 2. The first-order chi connectivity index (χ1) is 13.3. The van der Waals surface area contributed by atoms with E-state index in [4.69, 9.17) is 16.3 Å². The van der Waals surface area contributed by atoms with E-state index in [0.717, 1.165) is 24.2 Å². The van der Waals surface area contributed by atoms with Gasteiger partial charge >= 0.3 is 6.03 Å². The molecular weight excluding hydrogens is 382 g/mol. The highest BCUT2D eigenvalue weighted by atomic mass is 35.5. The quantitative estimate of drug-likeness (QED) is 0.735. The largest absolute Gasteiger partial charge is 0.490 e. The van der Waals surface area contributed by atoms with Crippen molar-refractivity contribution < 1.29 is 19.1 Å². The number of carbonyl (C=O) groups excluding carboxylic acids is 3. The molecule has 1 heterocycles. The second-order valence-corrected chi connectivity index (χ2v) is 7.94. The number of benzene rings is 1.